The minimum atomic E-state index is 0.493. The van der Waals surface area contributed by atoms with Crippen LogP contribution in [0.1, 0.15) is 30.7 Å². The maximum absolute atomic E-state index is 4.41. The van der Waals surface area contributed by atoms with E-state index in [4.69, 9.17) is 0 Å². The standard InChI is InChI=1S/C16H23N3S/c1-11(2)17-10-14-8-12(3)6-7-15(14)20-16-9-13(4)18-19(16)5/h6-9,11,17H,10H2,1-5H3. The van der Waals surface area contributed by atoms with Crippen LogP contribution in [-0.4, -0.2) is 15.8 Å². The smallest absolute Gasteiger partial charge is 0.0987 e. The molecule has 4 heteroatoms. The Morgan fingerprint density at radius 1 is 1.25 bits per heavy atom. The predicted molar refractivity (Wildman–Crippen MR) is 85.2 cm³/mol. The van der Waals surface area contributed by atoms with Crippen LogP contribution < -0.4 is 5.32 Å². The lowest BCUT2D eigenvalue weighted by atomic mass is 10.1. The van der Waals surface area contributed by atoms with Crippen LogP contribution in [0.3, 0.4) is 0 Å². The topological polar surface area (TPSA) is 29.9 Å². The summed E-state index contributed by atoms with van der Waals surface area (Å²) in [6.07, 6.45) is 0. The van der Waals surface area contributed by atoms with Gasteiger partial charge in [-0.2, -0.15) is 5.10 Å². The number of benzene rings is 1. The first-order chi connectivity index (χ1) is 9.45. The van der Waals surface area contributed by atoms with E-state index in [2.05, 4.69) is 55.5 Å². The molecule has 3 nitrogen and oxygen atoms in total. The zero-order valence-electron chi connectivity index (χ0n) is 12.9. The molecule has 2 aromatic rings. The Morgan fingerprint density at radius 3 is 2.60 bits per heavy atom. The quantitative estimate of drug-likeness (QED) is 0.910. The molecule has 2 rings (SSSR count). The molecule has 1 N–H and O–H groups in total. The molecular weight excluding hydrogens is 266 g/mol. The predicted octanol–water partition coefficient (Wildman–Crippen LogP) is 3.69. The van der Waals surface area contributed by atoms with Crippen LogP contribution in [0.5, 0.6) is 0 Å². The second kappa shape index (κ2) is 6.46. The van der Waals surface area contributed by atoms with Gasteiger partial charge in [-0.05, 0) is 31.5 Å². The van der Waals surface area contributed by atoms with Gasteiger partial charge in [0.15, 0.2) is 0 Å². The van der Waals surface area contributed by atoms with Crippen LogP contribution in [0.25, 0.3) is 0 Å². The Bertz CT molecular complexity index is 587. The normalized spacial score (nSPS) is 11.3. The molecule has 0 radical (unpaired) electrons. The average molecular weight is 289 g/mol. The number of nitrogens with zero attached hydrogens (tertiary/aromatic N) is 2. The van der Waals surface area contributed by atoms with Crippen molar-refractivity contribution < 1.29 is 0 Å². The molecule has 0 aliphatic rings. The first-order valence-corrected chi connectivity index (χ1v) is 7.79. The van der Waals surface area contributed by atoms with Gasteiger partial charge < -0.3 is 5.32 Å². The van der Waals surface area contributed by atoms with E-state index >= 15 is 0 Å². The molecule has 0 unspecified atom stereocenters. The van der Waals surface area contributed by atoms with Gasteiger partial charge in [0.2, 0.25) is 0 Å². The van der Waals surface area contributed by atoms with Crippen molar-refractivity contribution in [3.05, 3.63) is 41.1 Å². The first-order valence-electron chi connectivity index (χ1n) is 6.97. The Hall–Kier alpha value is -1.26. The zero-order valence-corrected chi connectivity index (χ0v) is 13.7. The fraction of sp³-hybridized carbons (Fsp3) is 0.438. The molecule has 0 saturated heterocycles. The summed E-state index contributed by atoms with van der Waals surface area (Å²) in [7, 11) is 2.00. The van der Waals surface area contributed by atoms with Crippen molar-refractivity contribution in [2.75, 3.05) is 0 Å². The van der Waals surface area contributed by atoms with E-state index < -0.39 is 0 Å². The molecular formula is C16H23N3S. The molecule has 20 heavy (non-hydrogen) atoms. The van der Waals surface area contributed by atoms with Crippen molar-refractivity contribution in [3.8, 4) is 0 Å². The zero-order chi connectivity index (χ0) is 14.7. The fourth-order valence-corrected chi connectivity index (χ4v) is 3.08. The van der Waals surface area contributed by atoms with Crippen molar-refractivity contribution in [1.82, 2.24) is 15.1 Å². The molecule has 1 heterocycles. The van der Waals surface area contributed by atoms with E-state index in [-0.39, 0.29) is 0 Å². The Kier molecular flexibility index (Phi) is 4.89. The molecule has 0 spiro atoms. The van der Waals surface area contributed by atoms with Gasteiger partial charge in [0.1, 0.15) is 0 Å². The molecule has 0 fully saturated rings. The fourth-order valence-electron chi connectivity index (χ4n) is 2.06. The highest BCUT2D eigenvalue weighted by molar-refractivity contribution is 7.99. The van der Waals surface area contributed by atoms with Crippen LogP contribution in [0.4, 0.5) is 0 Å². The van der Waals surface area contributed by atoms with E-state index in [1.165, 1.54) is 21.0 Å². The van der Waals surface area contributed by atoms with Gasteiger partial charge in [-0.3, -0.25) is 4.68 Å². The van der Waals surface area contributed by atoms with Gasteiger partial charge in [0, 0.05) is 24.5 Å². The Balaban J connectivity index is 2.24. The second-order valence-electron chi connectivity index (χ2n) is 5.50. The number of rotatable bonds is 5. The van der Waals surface area contributed by atoms with Crippen molar-refractivity contribution in [1.29, 1.82) is 0 Å². The van der Waals surface area contributed by atoms with Gasteiger partial charge >= 0.3 is 0 Å². The third-order valence-electron chi connectivity index (χ3n) is 3.09. The summed E-state index contributed by atoms with van der Waals surface area (Å²) in [5, 5.41) is 9.09. The SMILES string of the molecule is Cc1ccc(Sc2cc(C)nn2C)c(CNC(C)C)c1. The number of aromatic nitrogens is 2. The highest BCUT2D eigenvalue weighted by Gasteiger charge is 2.09. The average Bonchev–Trinajstić information content (AvgIpc) is 2.68. The number of nitrogens with one attached hydrogen (secondary N) is 1. The summed E-state index contributed by atoms with van der Waals surface area (Å²) in [6.45, 7) is 9.42. The molecule has 0 aliphatic carbocycles. The number of hydrogen-bond acceptors (Lipinski definition) is 3. The molecule has 1 aromatic carbocycles. The summed E-state index contributed by atoms with van der Waals surface area (Å²) in [6, 6.07) is 9.27. The van der Waals surface area contributed by atoms with Crippen LogP contribution in [0.15, 0.2) is 34.2 Å². The third-order valence-corrected chi connectivity index (χ3v) is 4.30. The number of hydrogen-bond donors (Lipinski definition) is 1. The maximum atomic E-state index is 4.41. The molecule has 0 atom stereocenters. The first kappa shape index (κ1) is 15.1. The summed E-state index contributed by atoms with van der Waals surface area (Å²) in [5.74, 6) is 0. The number of aryl methyl sites for hydroxylation is 3. The van der Waals surface area contributed by atoms with Gasteiger partial charge in [0.05, 0.1) is 10.7 Å². The molecule has 0 bridgehead atoms. The van der Waals surface area contributed by atoms with E-state index in [1.54, 1.807) is 11.8 Å². The molecule has 0 aliphatic heterocycles. The van der Waals surface area contributed by atoms with E-state index in [0.717, 1.165) is 12.2 Å². The summed E-state index contributed by atoms with van der Waals surface area (Å²) in [5.41, 5.74) is 3.71. The third kappa shape index (κ3) is 3.87. The minimum absolute atomic E-state index is 0.493. The molecule has 0 amide bonds. The van der Waals surface area contributed by atoms with E-state index in [0.29, 0.717) is 6.04 Å². The van der Waals surface area contributed by atoms with Crippen molar-refractivity contribution in [2.24, 2.45) is 7.05 Å². The largest absolute Gasteiger partial charge is 0.310 e. The Labute approximate surface area is 125 Å². The van der Waals surface area contributed by atoms with Crippen molar-refractivity contribution in [3.63, 3.8) is 0 Å². The van der Waals surface area contributed by atoms with Crippen molar-refractivity contribution in [2.45, 2.75) is 50.2 Å². The maximum Gasteiger partial charge on any atom is 0.0987 e. The van der Waals surface area contributed by atoms with Crippen LogP contribution in [-0.2, 0) is 13.6 Å². The van der Waals surface area contributed by atoms with E-state index in [9.17, 15) is 0 Å². The van der Waals surface area contributed by atoms with Gasteiger partial charge in [0.25, 0.3) is 0 Å². The van der Waals surface area contributed by atoms with E-state index in [1.807, 2.05) is 18.7 Å². The van der Waals surface area contributed by atoms with Crippen molar-refractivity contribution >= 4 is 11.8 Å². The second-order valence-corrected chi connectivity index (χ2v) is 6.56. The van der Waals surface area contributed by atoms with Crippen LogP contribution >= 0.6 is 11.8 Å². The molecule has 108 valence electrons. The summed E-state index contributed by atoms with van der Waals surface area (Å²) >= 11 is 1.78. The highest BCUT2D eigenvalue weighted by Crippen LogP contribution is 2.31. The monoisotopic (exact) mass is 289 g/mol. The lowest BCUT2D eigenvalue weighted by molar-refractivity contribution is 0.584. The molecule has 1 aromatic heterocycles. The summed E-state index contributed by atoms with van der Waals surface area (Å²) in [4.78, 5) is 1.30. The van der Waals surface area contributed by atoms with Gasteiger partial charge in [-0.25, -0.2) is 0 Å². The summed E-state index contributed by atoms with van der Waals surface area (Å²) < 4.78 is 1.94. The lowest BCUT2D eigenvalue weighted by Gasteiger charge is -2.13. The molecule has 0 saturated carbocycles. The minimum Gasteiger partial charge on any atom is -0.310 e. The van der Waals surface area contributed by atoms with Gasteiger partial charge in [-0.15, -0.1) is 0 Å². The lowest BCUT2D eigenvalue weighted by Crippen LogP contribution is -2.22. The van der Waals surface area contributed by atoms with Crippen LogP contribution in [0.2, 0.25) is 0 Å². The van der Waals surface area contributed by atoms with Crippen LogP contribution in [0, 0.1) is 13.8 Å². The Morgan fingerprint density at radius 2 is 2.00 bits per heavy atom. The highest BCUT2D eigenvalue weighted by atomic mass is 32.2. The van der Waals surface area contributed by atoms with Gasteiger partial charge in [-0.1, -0.05) is 43.3 Å².